The Kier molecular flexibility index (Phi) is 5.00. The molecule has 1 aromatic rings. The van der Waals surface area contributed by atoms with Crippen LogP contribution in [0.4, 0.5) is 0 Å². The van der Waals surface area contributed by atoms with Crippen LogP contribution in [0.1, 0.15) is 37.8 Å². The first-order valence-electron chi connectivity index (χ1n) is 7.53. The monoisotopic (exact) mass is 261 g/mol. The first kappa shape index (κ1) is 14.5. The zero-order chi connectivity index (χ0) is 13.7. The molecular weight excluding hydrogens is 234 g/mol. The second-order valence-electron chi connectivity index (χ2n) is 6.50. The lowest BCUT2D eigenvalue weighted by Gasteiger charge is -2.12. The highest BCUT2D eigenvalue weighted by Crippen LogP contribution is 2.44. The lowest BCUT2D eigenvalue weighted by atomic mass is 10.0. The molecule has 0 spiro atoms. The highest BCUT2D eigenvalue weighted by molar-refractivity contribution is 5.23. The van der Waals surface area contributed by atoms with Gasteiger partial charge in [-0.1, -0.05) is 38.1 Å². The van der Waals surface area contributed by atoms with Gasteiger partial charge >= 0.3 is 0 Å². The lowest BCUT2D eigenvalue weighted by Crippen LogP contribution is -2.28. The SMILES string of the molecule is CC(C)Cc1ccc(CCNCC2(CO)CC2)cc1. The molecule has 106 valence electrons. The van der Waals surface area contributed by atoms with Gasteiger partial charge in [-0.05, 0) is 49.3 Å². The van der Waals surface area contributed by atoms with Crippen LogP contribution in [0.3, 0.4) is 0 Å². The van der Waals surface area contributed by atoms with E-state index in [2.05, 4.69) is 43.4 Å². The van der Waals surface area contributed by atoms with E-state index in [9.17, 15) is 5.11 Å². The van der Waals surface area contributed by atoms with Crippen molar-refractivity contribution in [2.45, 2.75) is 39.5 Å². The van der Waals surface area contributed by atoms with E-state index in [1.807, 2.05) is 0 Å². The van der Waals surface area contributed by atoms with Crippen LogP contribution in [0.2, 0.25) is 0 Å². The van der Waals surface area contributed by atoms with E-state index in [-0.39, 0.29) is 5.41 Å². The molecule has 2 N–H and O–H groups in total. The van der Waals surface area contributed by atoms with E-state index in [4.69, 9.17) is 0 Å². The van der Waals surface area contributed by atoms with Crippen LogP contribution in [0.25, 0.3) is 0 Å². The minimum absolute atomic E-state index is 0.223. The van der Waals surface area contributed by atoms with Gasteiger partial charge in [-0.2, -0.15) is 0 Å². The van der Waals surface area contributed by atoms with Crippen molar-refractivity contribution in [3.05, 3.63) is 35.4 Å². The van der Waals surface area contributed by atoms with E-state index in [1.54, 1.807) is 0 Å². The van der Waals surface area contributed by atoms with Crippen molar-refractivity contribution in [1.29, 1.82) is 0 Å². The average molecular weight is 261 g/mol. The summed E-state index contributed by atoms with van der Waals surface area (Å²) in [4.78, 5) is 0. The molecule has 0 bridgehead atoms. The van der Waals surface area contributed by atoms with Gasteiger partial charge in [0.2, 0.25) is 0 Å². The summed E-state index contributed by atoms with van der Waals surface area (Å²) in [6.45, 7) is 6.82. The zero-order valence-electron chi connectivity index (χ0n) is 12.3. The minimum Gasteiger partial charge on any atom is -0.396 e. The molecule has 0 radical (unpaired) electrons. The van der Waals surface area contributed by atoms with Crippen LogP contribution in [0.15, 0.2) is 24.3 Å². The van der Waals surface area contributed by atoms with Crippen molar-refractivity contribution >= 4 is 0 Å². The van der Waals surface area contributed by atoms with Gasteiger partial charge in [0.25, 0.3) is 0 Å². The Morgan fingerprint density at radius 1 is 1.16 bits per heavy atom. The fourth-order valence-electron chi connectivity index (χ4n) is 2.47. The maximum Gasteiger partial charge on any atom is 0.0499 e. The molecule has 0 saturated heterocycles. The third-order valence-electron chi connectivity index (χ3n) is 4.05. The summed E-state index contributed by atoms with van der Waals surface area (Å²) < 4.78 is 0. The van der Waals surface area contributed by atoms with Crippen LogP contribution in [0.5, 0.6) is 0 Å². The van der Waals surface area contributed by atoms with Gasteiger partial charge in [0.15, 0.2) is 0 Å². The Morgan fingerprint density at radius 2 is 1.79 bits per heavy atom. The van der Waals surface area contributed by atoms with Crippen molar-refractivity contribution in [2.75, 3.05) is 19.7 Å². The Morgan fingerprint density at radius 3 is 2.32 bits per heavy atom. The number of hydrogen-bond acceptors (Lipinski definition) is 2. The number of aliphatic hydroxyl groups excluding tert-OH is 1. The van der Waals surface area contributed by atoms with Gasteiger partial charge < -0.3 is 10.4 Å². The summed E-state index contributed by atoms with van der Waals surface area (Å²) in [6, 6.07) is 9.01. The maximum atomic E-state index is 9.24. The molecule has 2 rings (SSSR count). The minimum atomic E-state index is 0.223. The molecule has 0 unspecified atom stereocenters. The number of nitrogens with one attached hydrogen (secondary N) is 1. The smallest absolute Gasteiger partial charge is 0.0499 e. The summed E-state index contributed by atoms with van der Waals surface area (Å²) in [5.74, 6) is 0.723. The van der Waals surface area contributed by atoms with E-state index >= 15 is 0 Å². The normalized spacial score (nSPS) is 16.8. The Labute approximate surface area is 117 Å². The second-order valence-corrected chi connectivity index (χ2v) is 6.50. The molecule has 2 nitrogen and oxygen atoms in total. The molecule has 1 fully saturated rings. The Hall–Kier alpha value is -0.860. The van der Waals surface area contributed by atoms with E-state index in [0.717, 1.165) is 31.8 Å². The highest BCUT2D eigenvalue weighted by Gasteiger charge is 2.41. The van der Waals surface area contributed by atoms with Gasteiger partial charge in [0.1, 0.15) is 0 Å². The largest absolute Gasteiger partial charge is 0.396 e. The second kappa shape index (κ2) is 6.53. The van der Waals surface area contributed by atoms with Crippen molar-refractivity contribution in [2.24, 2.45) is 11.3 Å². The highest BCUT2D eigenvalue weighted by atomic mass is 16.3. The van der Waals surface area contributed by atoms with Crippen molar-refractivity contribution < 1.29 is 5.11 Å². The first-order chi connectivity index (χ1) is 9.13. The molecule has 0 amide bonds. The average Bonchev–Trinajstić information content (AvgIpc) is 3.17. The fraction of sp³-hybridized carbons (Fsp3) is 0.647. The summed E-state index contributed by atoms with van der Waals surface area (Å²) >= 11 is 0. The molecule has 1 aromatic carbocycles. The predicted molar refractivity (Wildman–Crippen MR) is 80.3 cm³/mol. The summed E-state index contributed by atoms with van der Waals surface area (Å²) in [5.41, 5.74) is 3.05. The number of rotatable bonds is 8. The van der Waals surface area contributed by atoms with Crippen LogP contribution in [-0.4, -0.2) is 24.8 Å². The molecule has 1 aliphatic rings. The van der Waals surface area contributed by atoms with Crippen molar-refractivity contribution in [1.82, 2.24) is 5.32 Å². The number of aliphatic hydroxyl groups is 1. The van der Waals surface area contributed by atoms with Gasteiger partial charge in [0, 0.05) is 18.6 Å². The van der Waals surface area contributed by atoms with Crippen LogP contribution in [0, 0.1) is 11.3 Å². The molecule has 0 aromatic heterocycles. The molecule has 1 saturated carbocycles. The Bertz CT molecular complexity index is 379. The topological polar surface area (TPSA) is 32.3 Å². The third-order valence-corrected chi connectivity index (χ3v) is 4.05. The third kappa shape index (κ3) is 4.63. The van der Waals surface area contributed by atoms with Crippen LogP contribution >= 0.6 is 0 Å². The van der Waals surface area contributed by atoms with E-state index in [1.165, 1.54) is 24.0 Å². The van der Waals surface area contributed by atoms with Gasteiger partial charge in [-0.15, -0.1) is 0 Å². The lowest BCUT2D eigenvalue weighted by molar-refractivity contribution is 0.208. The van der Waals surface area contributed by atoms with Gasteiger partial charge in [-0.25, -0.2) is 0 Å². The summed E-state index contributed by atoms with van der Waals surface area (Å²) in [6.07, 6.45) is 4.60. The first-order valence-corrected chi connectivity index (χ1v) is 7.53. The van der Waals surface area contributed by atoms with Crippen molar-refractivity contribution in [3.8, 4) is 0 Å². The molecule has 0 heterocycles. The van der Waals surface area contributed by atoms with Crippen LogP contribution < -0.4 is 5.32 Å². The summed E-state index contributed by atoms with van der Waals surface area (Å²) in [5, 5.41) is 12.7. The molecule has 0 atom stereocenters. The quantitative estimate of drug-likeness (QED) is 0.705. The Balaban J connectivity index is 1.68. The predicted octanol–water partition coefficient (Wildman–Crippen LogP) is 2.79. The molecular formula is C17H27NO. The standard InChI is InChI=1S/C17H27NO/c1-14(2)11-16-5-3-15(4-6-16)7-10-18-12-17(13-19)8-9-17/h3-6,14,18-19H,7-13H2,1-2H3. The van der Waals surface area contributed by atoms with E-state index < -0.39 is 0 Å². The van der Waals surface area contributed by atoms with Crippen LogP contribution in [-0.2, 0) is 12.8 Å². The van der Waals surface area contributed by atoms with Crippen molar-refractivity contribution in [3.63, 3.8) is 0 Å². The number of hydrogen-bond donors (Lipinski definition) is 2. The molecule has 0 aliphatic heterocycles. The number of benzene rings is 1. The molecule has 2 heteroatoms. The molecule has 19 heavy (non-hydrogen) atoms. The molecule has 1 aliphatic carbocycles. The fourth-order valence-corrected chi connectivity index (χ4v) is 2.47. The van der Waals surface area contributed by atoms with E-state index in [0.29, 0.717) is 6.61 Å². The summed E-state index contributed by atoms with van der Waals surface area (Å²) in [7, 11) is 0. The van der Waals surface area contributed by atoms with Gasteiger partial charge in [0.05, 0.1) is 0 Å². The van der Waals surface area contributed by atoms with Gasteiger partial charge in [-0.3, -0.25) is 0 Å². The maximum absolute atomic E-state index is 9.24. The zero-order valence-corrected chi connectivity index (χ0v) is 12.3.